The van der Waals surface area contributed by atoms with E-state index in [0.29, 0.717) is 5.75 Å². The predicted octanol–water partition coefficient (Wildman–Crippen LogP) is 1.20. The van der Waals surface area contributed by atoms with E-state index in [9.17, 15) is 4.21 Å². The van der Waals surface area contributed by atoms with Crippen molar-refractivity contribution in [2.24, 2.45) is 0 Å². The van der Waals surface area contributed by atoms with Crippen molar-refractivity contribution in [3.63, 3.8) is 0 Å². The Balaban J connectivity index is 2.20. The van der Waals surface area contributed by atoms with Crippen LogP contribution >= 0.6 is 0 Å². The molecule has 0 bridgehead atoms. The molecule has 1 atom stereocenters. The van der Waals surface area contributed by atoms with E-state index in [1.54, 1.807) is 18.6 Å². The van der Waals surface area contributed by atoms with Crippen LogP contribution in [-0.4, -0.2) is 25.1 Å². The fraction of sp³-hybridized carbons (Fsp3) is 0.182. The fourth-order valence-electron chi connectivity index (χ4n) is 1.87. The van der Waals surface area contributed by atoms with Gasteiger partial charge in [0.1, 0.15) is 0 Å². The summed E-state index contributed by atoms with van der Waals surface area (Å²) >= 11 is 0. The van der Waals surface area contributed by atoms with Crippen molar-refractivity contribution in [2.45, 2.75) is 11.3 Å². The molecule has 0 N–H and O–H groups in total. The van der Waals surface area contributed by atoms with E-state index in [-0.39, 0.29) is 0 Å². The molecule has 2 aromatic rings. The van der Waals surface area contributed by atoms with E-state index < -0.39 is 10.8 Å². The Morgan fingerprint density at radius 1 is 1.31 bits per heavy atom. The van der Waals surface area contributed by atoms with Gasteiger partial charge in [-0.3, -0.25) is 9.19 Å². The molecule has 4 nitrogen and oxygen atoms in total. The van der Waals surface area contributed by atoms with Crippen LogP contribution in [0.3, 0.4) is 0 Å². The molecule has 1 aliphatic heterocycles. The lowest BCUT2D eigenvalue weighted by Crippen LogP contribution is -1.95. The molecule has 16 heavy (non-hydrogen) atoms. The van der Waals surface area contributed by atoms with Crippen molar-refractivity contribution in [1.82, 2.24) is 15.2 Å². The molecule has 0 aliphatic carbocycles. The van der Waals surface area contributed by atoms with Gasteiger partial charge in [0, 0.05) is 23.7 Å². The SMILES string of the molecule is O=S1CCc2c1cnnc2-c1cccnc1. The molecule has 0 aromatic carbocycles. The second-order valence-electron chi connectivity index (χ2n) is 3.58. The third kappa shape index (κ3) is 1.44. The van der Waals surface area contributed by atoms with Gasteiger partial charge in [0.2, 0.25) is 0 Å². The van der Waals surface area contributed by atoms with Gasteiger partial charge in [-0.15, -0.1) is 0 Å². The Morgan fingerprint density at radius 3 is 3.06 bits per heavy atom. The normalized spacial score (nSPS) is 18.4. The topological polar surface area (TPSA) is 55.7 Å². The summed E-state index contributed by atoms with van der Waals surface area (Å²) in [6.07, 6.45) is 5.89. The number of fused-ring (bicyclic) bond motifs is 1. The average molecular weight is 231 g/mol. The molecule has 0 spiro atoms. The molecular formula is C11H9N3OS. The maximum atomic E-state index is 11.7. The maximum absolute atomic E-state index is 11.7. The van der Waals surface area contributed by atoms with E-state index in [1.165, 1.54) is 0 Å². The number of rotatable bonds is 1. The van der Waals surface area contributed by atoms with E-state index in [1.807, 2.05) is 12.1 Å². The second-order valence-corrected chi connectivity index (χ2v) is 5.12. The molecule has 3 heterocycles. The van der Waals surface area contributed by atoms with Crippen LogP contribution in [0.25, 0.3) is 11.3 Å². The van der Waals surface area contributed by atoms with Crippen LogP contribution in [0.4, 0.5) is 0 Å². The van der Waals surface area contributed by atoms with Crippen molar-refractivity contribution in [1.29, 1.82) is 0 Å². The van der Waals surface area contributed by atoms with Gasteiger partial charge in [-0.25, -0.2) is 0 Å². The lowest BCUT2D eigenvalue weighted by Gasteiger charge is -2.04. The van der Waals surface area contributed by atoms with Crippen LogP contribution in [0.2, 0.25) is 0 Å². The maximum Gasteiger partial charge on any atom is 0.0989 e. The van der Waals surface area contributed by atoms with Gasteiger partial charge >= 0.3 is 0 Å². The number of pyridine rings is 1. The zero-order chi connectivity index (χ0) is 11.0. The molecule has 2 aromatic heterocycles. The molecule has 3 rings (SSSR count). The minimum atomic E-state index is -0.905. The first-order chi connectivity index (χ1) is 7.86. The Bertz CT molecular complexity index is 556. The number of hydrogen-bond acceptors (Lipinski definition) is 4. The van der Waals surface area contributed by atoms with E-state index in [0.717, 1.165) is 28.1 Å². The first-order valence-electron chi connectivity index (χ1n) is 4.99. The molecule has 0 fully saturated rings. The van der Waals surface area contributed by atoms with Crippen LogP contribution in [0.15, 0.2) is 35.6 Å². The van der Waals surface area contributed by atoms with Crippen molar-refractivity contribution < 1.29 is 4.21 Å². The fourth-order valence-corrected chi connectivity index (χ4v) is 3.12. The van der Waals surface area contributed by atoms with Crippen molar-refractivity contribution in [2.75, 3.05) is 5.75 Å². The van der Waals surface area contributed by atoms with Gasteiger partial charge < -0.3 is 0 Å². The van der Waals surface area contributed by atoms with Crippen LogP contribution in [0.1, 0.15) is 5.56 Å². The van der Waals surface area contributed by atoms with E-state index in [2.05, 4.69) is 15.2 Å². The summed E-state index contributed by atoms with van der Waals surface area (Å²) in [5.74, 6) is 0.677. The zero-order valence-electron chi connectivity index (χ0n) is 8.46. The minimum Gasteiger partial charge on any atom is -0.264 e. The summed E-state index contributed by atoms with van der Waals surface area (Å²) in [5, 5.41) is 8.04. The van der Waals surface area contributed by atoms with Crippen molar-refractivity contribution >= 4 is 10.8 Å². The smallest absolute Gasteiger partial charge is 0.0989 e. The molecule has 1 unspecified atom stereocenters. The largest absolute Gasteiger partial charge is 0.264 e. The van der Waals surface area contributed by atoms with Crippen molar-refractivity contribution in [3.05, 3.63) is 36.3 Å². The molecule has 0 radical (unpaired) electrons. The monoisotopic (exact) mass is 231 g/mol. The van der Waals surface area contributed by atoms with Gasteiger partial charge in [0.05, 0.1) is 27.6 Å². The summed E-state index contributed by atoms with van der Waals surface area (Å²) < 4.78 is 11.7. The summed E-state index contributed by atoms with van der Waals surface area (Å²) in [5.41, 5.74) is 2.81. The molecule has 0 saturated carbocycles. The Morgan fingerprint density at radius 2 is 2.25 bits per heavy atom. The lowest BCUT2D eigenvalue weighted by atomic mass is 10.1. The highest BCUT2D eigenvalue weighted by Gasteiger charge is 2.23. The van der Waals surface area contributed by atoms with Crippen LogP contribution < -0.4 is 0 Å². The highest BCUT2D eigenvalue weighted by molar-refractivity contribution is 7.85. The van der Waals surface area contributed by atoms with Crippen molar-refractivity contribution in [3.8, 4) is 11.3 Å². The van der Waals surface area contributed by atoms with Gasteiger partial charge in [-0.05, 0) is 24.1 Å². The van der Waals surface area contributed by atoms with Crippen LogP contribution in [0.5, 0.6) is 0 Å². The summed E-state index contributed by atoms with van der Waals surface area (Å²) in [6.45, 7) is 0. The number of nitrogens with zero attached hydrogens (tertiary/aromatic N) is 3. The third-order valence-corrected chi connectivity index (χ3v) is 4.05. The molecule has 0 saturated heterocycles. The lowest BCUT2D eigenvalue weighted by molar-refractivity contribution is 0.685. The first-order valence-corrected chi connectivity index (χ1v) is 6.31. The summed E-state index contributed by atoms with van der Waals surface area (Å²) in [6, 6.07) is 3.81. The predicted molar refractivity (Wildman–Crippen MR) is 60.2 cm³/mol. The highest BCUT2D eigenvalue weighted by atomic mass is 32.2. The average Bonchev–Trinajstić information content (AvgIpc) is 2.73. The van der Waals surface area contributed by atoms with Gasteiger partial charge in [0.25, 0.3) is 0 Å². The van der Waals surface area contributed by atoms with Gasteiger partial charge in [0.15, 0.2) is 0 Å². The van der Waals surface area contributed by atoms with E-state index in [4.69, 9.17) is 0 Å². The molecule has 80 valence electrons. The van der Waals surface area contributed by atoms with Gasteiger partial charge in [-0.2, -0.15) is 10.2 Å². The van der Waals surface area contributed by atoms with E-state index >= 15 is 0 Å². The highest BCUT2D eigenvalue weighted by Crippen LogP contribution is 2.29. The standard InChI is InChI=1S/C11H9N3OS/c15-16-5-3-9-10(16)7-13-14-11(9)8-2-1-4-12-6-8/h1-2,4,6-7H,3,5H2. The third-order valence-electron chi connectivity index (χ3n) is 2.63. The Labute approximate surface area is 95.2 Å². The summed E-state index contributed by atoms with van der Waals surface area (Å²) in [7, 11) is -0.905. The van der Waals surface area contributed by atoms with Crippen LogP contribution in [-0.2, 0) is 17.2 Å². The minimum absolute atomic E-state index is 0.677. The molecule has 1 aliphatic rings. The molecule has 0 amide bonds. The Hall–Kier alpha value is -1.62. The first kappa shape index (κ1) is 9.59. The summed E-state index contributed by atoms with van der Waals surface area (Å²) in [4.78, 5) is 4.89. The zero-order valence-corrected chi connectivity index (χ0v) is 9.28. The second kappa shape index (κ2) is 3.75. The van der Waals surface area contributed by atoms with Crippen LogP contribution in [0, 0.1) is 0 Å². The quantitative estimate of drug-likeness (QED) is 0.740. The molecule has 5 heteroatoms. The number of aromatic nitrogens is 3. The Kier molecular flexibility index (Phi) is 2.25. The number of hydrogen-bond donors (Lipinski definition) is 0. The van der Waals surface area contributed by atoms with Gasteiger partial charge in [-0.1, -0.05) is 0 Å². The molecular weight excluding hydrogens is 222 g/mol.